The molecule has 31 heavy (non-hydrogen) atoms. The van der Waals surface area contributed by atoms with Gasteiger partial charge in [-0.05, 0) is 62.4 Å². The molecule has 1 amide bonds. The van der Waals surface area contributed by atoms with Crippen molar-refractivity contribution >= 4 is 24.1 Å². The van der Waals surface area contributed by atoms with Gasteiger partial charge < -0.3 is 14.8 Å². The summed E-state index contributed by atoms with van der Waals surface area (Å²) >= 11 is 0. The lowest BCUT2D eigenvalue weighted by molar-refractivity contribution is 0.0686. The summed E-state index contributed by atoms with van der Waals surface area (Å²) in [6.45, 7) is 3.63. The first-order chi connectivity index (χ1) is 14.7. The fourth-order valence-electron chi connectivity index (χ4n) is 3.09. The van der Waals surface area contributed by atoms with Crippen LogP contribution in [0.15, 0.2) is 53.6 Å². The lowest BCUT2D eigenvalue weighted by atomic mass is 10.1. The summed E-state index contributed by atoms with van der Waals surface area (Å²) in [7, 11) is 0. The maximum Gasteiger partial charge on any atom is 0.337 e. The molecule has 0 unspecified atom stereocenters. The molecule has 0 radical (unpaired) electrons. The molecule has 3 N–H and O–H groups in total. The van der Waals surface area contributed by atoms with Gasteiger partial charge in [-0.2, -0.15) is 5.10 Å². The number of carbonyl (C=O) groups is 3. The molecule has 0 aliphatic heterocycles. The number of hydrogen-bond acceptors (Lipinski definition) is 4. The van der Waals surface area contributed by atoms with E-state index < -0.39 is 23.7 Å². The molecule has 0 saturated heterocycles. The Morgan fingerprint density at radius 1 is 0.935 bits per heavy atom. The average molecular weight is 423 g/mol. The van der Waals surface area contributed by atoms with Crippen molar-refractivity contribution in [2.24, 2.45) is 5.10 Å². The Labute approximate surface area is 176 Å². The highest BCUT2D eigenvalue weighted by atomic mass is 19.1. The van der Waals surface area contributed by atoms with Crippen LogP contribution in [0.3, 0.4) is 0 Å². The zero-order valence-corrected chi connectivity index (χ0v) is 16.6. The van der Waals surface area contributed by atoms with Crippen molar-refractivity contribution < 1.29 is 29.0 Å². The number of benzene rings is 2. The Hall–Kier alpha value is -4.27. The van der Waals surface area contributed by atoms with Crippen LogP contribution >= 0.6 is 0 Å². The molecule has 9 heteroatoms. The Morgan fingerprint density at radius 2 is 1.58 bits per heavy atom. The van der Waals surface area contributed by atoms with Gasteiger partial charge in [0.05, 0.1) is 23.0 Å². The molecule has 0 atom stereocenters. The molecule has 1 aromatic heterocycles. The third kappa shape index (κ3) is 4.50. The van der Waals surface area contributed by atoms with Crippen LogP contribution in [0.1, 0.15) is 48.0 Å². The Bertz CT molecular complexity index is 1210. The molecule has 1 heterocycles. The quantitative estimate of drug-likeness (QED) is 0.415. The van der Waals surface area contributed by atoms with Crippen LogP contribution in [0.25, 0.3) is 5.69 Å². The lowest BCUT2D eigenvalue weighted by Gasteiger charge is -2.14. The number of carboxylic acid groups (broad SMARTS) is 2. The molecule has 2 aromatic carbocycles. The van der Waals surface area contributed by atoms with Gasteiger partial charge in [0.1, 0.15) is 5.82 Å². The van der Waals surface area contributed by atoms with E-state index in [0.717, 1.165) is 35.8 Å². The first kappa shape index (κ1) is 21.4. The van der Waals surface area contributed by atoms with Gasteiger partial charge in [-0.3, -0.25) is 4.79 Å². The second kappa shape index (κ2) is 8.62. The summed E-state index contributed by atoms with van der Waals surface area (Å²) in [5.74, 6) is -3.71. The summed E-state index contributed by atoms with van der Waals surface area (Å²) in [5.41, 5.74) is 4.08. The maximum absolute atomic E-state index is 13.8. The van der Waals surface area contributed by atoms with Crippen LogP contribution in [0.4, 0.5) is 4.39 Å². The maximum atomic E-state index is 13.8. The van der Waals surface area contributed by atoms with E-state index in [9.17, 15) is 23.9 Å². The van der Waals surface area contributed by atoms with Crippen LogP contribution in [0.2, 0.25) is 0 Å². The zero-order valence-electron chi connectivity index (χ0n) is 16.6. The molecule has 0 spiro atoms. The second-order valence-corrected chi connectivity index (χ2v) is 6.73. The highest BCUT2D eigenvalue weighted by Gasteiger charge is 2.17. The molecule has 0 bridgehead atoms. The van der Waals surface area contributed by atoms with Crippen LogP contribution in [0.5, 0.6) is 0 Å². The minimum Gasteiger partial charge on any atom is -0.478 e. The number of hydrazone groups is 1. The van der Waals surface area contributed by atoms with E-state index in [1.807, 2.05) is 26.0 Å². The number of aromatic carboxylic acids is 2. The lowest BCUT2D eigenvalue weighted by Crippen LogP contribution is -2.19. The minimum atomic E-state index is -1.22. The standard InChI is InChI=1S/C22H18FN3O5/c1-12-3-4-13(2)26(12)19-10-14(5-7-17(19)22(30)31)20(27)25-24-11-16-9-15(21(28)29)6-8-18(16)23/h3-11H,1-2H3,(H,25,27)(H,28,29)(H,30,31). The van der Waals surface area contributed by atoms with Crippen molar-refractivity contribution in [2.75, 3.05) is 0 Å². The fraction of sp³-hybridized carbons (Fsp3) is 0.0909. The van der Waals surface area contributed by atoms with E-state index in [-0.39, 0.29) is 22.3 Å². The Kier molecular flexibility index (Phi) is 5.96. The number of nitrogens with one attached hydrogen (secondary N) is 1. The molecule has 0 saturated carbocycles. The van der Waals surface area contributed by atoms with E-state index in [4.69, 9.17) is 5.11 Å². The molecule has 8 nitrogen and oxygen atoms in total. The highest BCUT2D eigenvalue weighted by Crippen LogP contribution is 2.22. The Morgan fingerprint density at radius 3 is 2.19 bits per heavy atom. The van der Waals surface area contributed by atoms with Crippen LogP contribution in [-0.4, -0.2) is 38.8 Å². The van der Waals surface area contributed by atoms with Gasteiger partial charge in [0.15, 0.2) is 0 Å². The van der Waals surface area contributed by atoms with Gasteiger partial charge in [0.25, 0.3) is 5.91 Å². The number of amides is 1. The van der Waals surface area contributed by atoms with Gasteiger partial charge in [-0.1, -0.05) is 0 Å². The minimum absolute atomic E-state index is 0.0232. The fourth-order valence-corrected chi connectivity index (χ4v) is 3.09. The third-order valence-corrected chi connectivity index (χ3v) is 4.62. The van der Waals surface area contributed by atoms with E-state index in [2.05, 4.69) is 10.5 Å². The van der Waals surface area contributed by atoms with Crippen molar-refractivity contribution in [1.82, 2.24) is 9.99 Å². The summed E-state index contributed by atoms with van der Waals surface area (Å²) in [4.78, 5) is 35.1. The molecule has 3 aromatic rings. The first-order valence-electron chi connectivity index (χ1n) is 9.08. The van der Waals surface area contributed by atoms with Gasteiger partial charge >= 0.3 is 11.9 Å². The normalized spacial score (nSPS) is 10.9. The first-order valence-corrected chi connectivity index (χ1v) is 9.08. The third-order valence-electron chi connectivity index (χ3n) is 4.62. The second-order valence-electron chi connectivity index (χ2n) is 6.73. The van der Waals surface area contributed by atoms with E-state index in [1.54, 1.807) is 4.57 Å². The number of halogens is 1. The SMILES string of the molecule is Cc1ccc(C)n1-c1cc(C(=O)NN=Cc2cc(C(=O)O)ccc2F)ccc1C(=O)O. The van der Waals surface area contributed by atoms with Crippen molar-refractivity contribution in [2.45, 2.75) is 13.8 Å². The monoisotopic (exact) mass is 423 g/mol. The smallest absolute Gasteiger partial charge is 0.337 e. The van der Waals surface area contributed by atoms with Gasteiger partial charge in [0, 0.05) is 22.5 Å². The van der Waals surface area contributed by atoms with Crippen molar-refractivity contribution in [3.63, 3.8) is 0 Å². The van der Waals surface area contributed by atoms with Crippen LogP contribution < -0.4 is 5.43 Å². The predicted octanol–water partition coefficient (Wildman–Crippen LogP) is 3.39. The summed E-state index contributed by atoms with van der Waals surface area (Å²) < 4.78 is 15.5. The zero-order chi connectivity index (χ0) is 22.7. The van der Waals surface area contributed by atoms with Gasteiger partial charge in [0.2, 0.25) is 0 Å². The predicted molar refractivity (Wildman–Crippen MR) is 111 cm³/mol. The number of carboxylic acids is 2. The topological polar surface area (TPSA) is 121 Å². The van der Waals surface area contributed by atoms with E-state index >= 15 is 0 Å². The molecule has 0 aliphatic rings. The summed E-state index contributed by atoms with van der Waals surface area (Å²) in [6.07, 6.45) is 0.993. The van der Waals surface area contributed by atoms with Crippen LogP contribution in [0, 0.1) is 19.7 Å². The number of carbonyl (C=O) groups excluding carboxylic acids is 1. The average Bonchev–Trinajstić information content (AvgIpc) is 3.06. The number of aryl methyl sites for hydroxylation is 2. The molecule has 3 rings (SSSR count). The Balaban J connectivity index is 1.89. The number of rotatable bonds is 6. The molecular formula is C22H18FN3O5. The van der Waals surface area contributed by atoms with Crippen molar-refractivity contribution in [1.29, 1.82) is 0 Å². The summed E-state index contributed by atoms with van der Waals surface area (Å²) in [6, 6.07) is 11.0. The highest BCUT2D eigenvalue weighted by molar-refractivity contribution is 5.99. The number of nitrogens with zero attached hydrogens (tertiary/aromatic N) is 2. The summed E-state index contributed by atoms with van der Waals surface area (Å²) in [5, 5.41) is 22.2. The molecule has 0 aliphatic carbocycles. The van der Waals surface area contributed by atoms with Crippen molar-refractivity contribution in [3.8, 4) is 5.69 Å². The van der Waals surface area contributed by atoms with Gasteiger partial charge in [-0.25, -0.2) is 19.4 Å². The molecule has 0 fully saturated rings. The molecule has 158 valence electrons. The number of aromatic nitrogens is 1. The van der Waals surface area contributed by atoms with E-state index in [0.29, 0.717) is 5.69 Å². The van der Waals surface area contributed by atoms with Gasteiger partial charge in [-0.15, -0.1) is 0 Å². The number of hydrogen-bond donors (Lipinski definition) is 3. The largest absolute Gasteiger partial charge is 0.478 e. The van der Waals surface area contributed by atoms with E-state index in [1.165, 1.54) is 18.2 Å². The molecular weight excluding hydrogens is 405 g/mol. The van der Waals surface area contributed by atoms with Crippen LogP contribution in [-0.2, 0) is 0 Å². The van der Waals surface area contributed by atoms with Crippen molar-refractivity contribution in [3.05, 3.63) is 88.0 Å².